The average Bonchev–Trinajstić information content (AvgIpc) is 2.35. The molecule has 0 radical (unpaired) electrons. The van der Waals surface area contributed by atoms with E-state index in [0.29, 0.717) is 5.56 Å². The van der Waals surface area contributed by atoms with Crippen LogP contribution >= 0.6 is 0 Å². The SMILES string of the molecule is Cc1ccc2nc3c(C=O)cccc3cc2c1. The minimum absolute atomic E-state index is 0.643. The van der Waals surface area contributed by atoms with E-state index in [2.05, 4.69) is 24.0 Å². The molecule has 1 aromatic heterocycles. The van der Waals surface area contributed by atoms with Crippen molar-refractivity contribution in [2.24, 2.45) is 0 Å². The number of aromatic nitrogens is 1. The molecule has 0 aliphatic carbocycles. The smallest absolute Gasteiger partial charge is 0.152 e. The summed E-state index contributed by atoms with van der Waals surface area (Å²) in [6, 6.07) is 13.9. The first-order valence-electron chi connectivity index (χ1n) is 5.53. The molecule has 0 saturated heterocycles. The Bertz CT molecular complexity index is 731. The van der Waals surface area contributed by atoms with Crippen LogP contribution in [0.3, 0.4) is 0 Å². The number of hydrogen-bond donors (Lipinski definition) is 0. The highest BCUT2D eigenvalue weighted by atomic mass is 16.1. The molecule has 0 fully saturated rings. The van der Waals surface area contributed by atoms with Gasteiger partial charge in [-0.3, -0.25) is 4.79 Å². The topological polar surface area (TPSA) is 30.0 Å². The van der Waals surface area contributed by atoms with Crippen LogP contribution in [0.2, 0.25) is 0 Å². The Morgan fingerprint density at radius 3 is 2.76 bits per heavy atom. The van der Waals surface area contributed by atoms with Gasteiger partial charge in [0.1, 0.15) is 0 Å². The molecule has 17 heavy (non-hydrogen) atoms. The van der Waals surface area contributed by atoms with Crippen molar-refractivity contribution in [3.63, 3.8) is 0 Å². The van der Waals surface area contributed by atoms with Crippen molar-refractivity contribution in [3.8, 4) is 0 Å². The van der Waals surface area contributed by atoms with Gasteiger partial charge in [-0.05, 0) is 31.2 Å². The number of aryl methyl sites for hydroxylation is 1. The second-order valence-electron chi connectivity index (χ2n) is 4.22. The van der Waals surface area contributed by atoms with Crippen molar-refractivity contribution in [3.05, 3.63) is 53.6 Å². The molecule has 0 bridgehead atoms. The maximum Gasteiger partial charge on any atom is 0.152 e. The Morgan fingerprint density at radius 2 is 1.94 bits per heavy atom. The van der Waals surface area contributed by atoms with Gasteiger partial charge in [0.25, 0.3) is 0 Å². The lowest BCUT2D eigenvalue weighted by molar-refractivity contribution is 0.112. The number of fused-ring (bicyclic) bond motifs is 2. The van der Waals surface area contributed by atoms with Crippen LogP contribution in [-0.4, -0.2) is 11.3 Å². The fourth-order valence-corrected chi connectivity index (χ4v) is 2.10. The fourth-order valence-electron chi connectivity index (χ4n) is 2.10. The van der Waals surface area contributed by atoms with Crippen LogP contribution in [0.15, 0.2) is 42.5 Å². The minimum Gasteiger partial charge on any atom is -0.298 e. The Labute approximate surface area is 98.9 Å². The number of para-hydroxylation sites is 1. The average molecular weight is 221 g/mol. The number of pyridine rings is 1. The third kappa shape index (κ3) is 1.58. The van der Waals surface area contributed by atoms with E-state index in [1.165, 1.54) is 5.56 Å². The van der Waals surface area contributed by atoms with E-state index in [1.807, 2.05) is 24.3 Å². The summed E-state index contributed by atoms with van der Waals surface area (Å²) in [6.45, 7) is 2.06. The van der Waals surface area contributed by atoms with Crippen molar-refractivity contribution < 1.29 is 4.79 Å². The Kier molecular flexibility index (Phi) is 2.15. The molecule has 0 atom stereocenters. The summed E-state index contributed by atoms with van der Waals surface area (Å²) >= 11 is 0. The first-order chi connectivity index (χ1) is 8.28. The summed E-state index contributed by atoms with van der Waals surface area (Å²) in [4.78, 5) is 15.5. The zero-order chi connectivity index (χ0) is 11.8. The monoisotopic (exact) mass is 221 g/mol. The van der Waals surface area contributed by atoms with E-state index in [-0.39, 0.29) is 0 Å². The molecule has 0 unspecified atom stereocenters. The van der Waals surface area contributed by atoms with Crippen LogP contribution in [0.5, 0.6) is 0 Å². The number of benzene rings is 2. The van der Waals surface area contributed by atoms with Crippen molar-refractivity contribution >= 4 is 28.1 Å². The van der Waals surface area contributed by atoms with Crippen molar-refractivity contribution in [1.29, 1.82) is 0 Å². The second-order valence-corrected chi connectivity index (χ2v) is 4.22. The molecule has 0 spiro atoms. The fraction of sp³-hybridized carbons (Fsp3) is 0.0667. The predicted octanol–water partition coefficient (Wildman–Crippen LogP) is 3.51. The number of carbonyl (C=O) groups excluding carboxylic acids is 1. The first-order valence-corrected chi connectivity index (χ1v) is 5.53. The number of aldehydes is 1. The summed E-state index contributed by atoms with van der Waals surface area (Å²) in [7, 11) is 0. The van der Waals surface area contributed by atoms with E-state index >= 15 is 0 Å². The molecule has 82 valence electrons. The maximum atomic E-state index is 11.0. The van der Waals surface area contributed by atoms with Gasteiger partial charge in [-0.15, -0.1) is 0 Å². The van der Waals surface area contributed by atoms with E-state index in [4.69, 9.17) is 0 Å². The lowest BCUT2D eigenvalue weighted by Crippen LogP contribution is -1.88. The predicted molar refractivity (Wildman–Crippen MR) is 69.4 cm³/mol. The van der Waals surface area contributed by atoms with Gasteiger partial charge >= 0.3 is 0 Å². The van der Waals surface area contributed by atoms with Crippen molar-refractivity contribution in [2.45, 2.75) is 6.92 Å². The molecule has 0 amide bonds. The van der Waals surface area contributed by atoms with Gasteiger partial charge in [-0.25, -0.2) is 4.98 Å². The molecular formula is C15H11NO. The minimum atomic E-state index is 0.643. The van der Waals surface area contributed by atoms with E-state index < -0.39 is 0 Å². The number of hydrogen-bond acceptors (Lipinski definition) is 2. The normalized spacial score (nSPS) is 10.9. The number of rotatable bonds is 1. The summed E-state index contributed by atoms with van der Waals surface area (Å²) in [5.74, 6) is 0. The molecule has 2 nitrogen and oxygen atoms in total. The van der Waals surface area contributed by atoms with E-state index in [1.54, 1.807) is 6.07 Å². The standard InChI is InChI=1S/C15H11NO/c1-10-5-6-14-13(7-10)8-11-3-2-4-12(9-17)15(11)16-14/h2-9H,1H3. The quantitative estimate of drug-likeness (QED) is 0.465. The third-order valence-corrected chi connectivity index (χ3v) is 2.95. The molecule has 0 aliphatic heterocycles. The van der Waals surface area contributed by atoms with Gasteiger partial charge in [0, 0.05) is 16.3 Å². The summed E-state index contributed by atoms with van der Waals surface area (Å²) in [5.41, 5.74) is 3.56. The first kappa shape index (κ1) is 9.97. The van der Waals surface area contributed by atoms with Crippen molar-refractivity contribution in [1.82, 2.24) is 4.98 Å². The molecule has 2 heteroatoms. The molecule has 0 aliphatic rings. The molecule has 1 heterocycles. The lowest BCUT2D eigenvalue weighted by Gasteiger charge is -2.04. The summed E-state index contributed by atoms with van der Waals surface area (Å²) in [5, 5.41) is 2.12. The molecule has 0 N–H and O–H groups in total. The van der Waals surface area contributed by atoms with Crippen molar-refractivity contribution in [2.75, 3.05) is 0 Å². The Morgan fingerprint density at radius 1 is 1.06 bits per heavy atom. The number of carbonyl (C=O) groups is 1. The third-order valence-electron chi connectivity index (χ3n) is 2.95. The largest absolute Gasteiger partial charge is 0.298 e. The van der Waals surface area contributed by atoms with Crippen LogP contribution in [0.25, 0.3) is 21.8 Å². The van der Waals surface area contributed by atoms with Gasteiger partial charge in [0.2, 0.25) is 0 Å². The molecule has 3 aromatic rings. The summed E-state index contributed by atoms with van der Waals surface area (Å²) < 4.78 is 0. The zero-order valence-electron chi connectivity index (χ0n) is 9.47. The van der Waals surface area contributed by atoms with E-state index in [0.717, 1.165) is 28.1 Å². The van der Waals surface area contributed by atoms with Gasteiger partial charge < -0.3 is 0 Å². The van der Waals surface area contributed by atoms with Gasteiger partial charge in [-0.2, -0.15) is 0 Å². The van der Waals surface area contributed by atoms with Crippen LogP contribution in [-0.2, 0) is 0 Å². The highest BCUT2D eigenvalue weighted by Crippen LogP contribution is 2.22. The zero-order valence-corrected chi connectivity index (χ0v) is 9.47. The van der Waals surface area contributed by atoms with Gasteiger partial charge in [0.05, 0.1) is 11.0 Å². The van der Waals surface area contributed by atoms with Crippen LogP contribution in [0.4, 0.5) is 0 Å². The second kappa shape index (κ2) is 3.67. The summed E-state index contributed by atoms with van der Waals surface area (Å²) in [6.07, 6.45) is 0.857. The highest BCUT2D eigenvalue weighted by Gasteiger charge is 2.03. The van der Waals surface area contributed by atoms with Gasteiger partial charge in [-0.1, -0.05) is 23.8 Å². The van der Waals surface area contributed by atoms with E-state index in [9.17, 15) is 4.79 Å². The van der Waals surface area contributed by atoms with Crippen LogP contribution in [0, 0.1) is 6.92 Å². The Hall–Kier alpha value is -2.22. The molecule has 2 aromatic carbocycles. The lowest BCUT2D eigenvalue weighted by atomic mass is 10.1. The van der Waals surface area contributed by atoms with Crippen LogP contribution in [0.1, 0.15) is 15.9 Å². The van der Waals surface area contributed by atoms with Gasteiger partial charge in [0.15, 0.2) is 6.29 Å². The maximum absolute atomic E-state index is 11.0. The number of nitrogens with zero attached hydrogens (tertiary/aromatic N) is 1. The molecule has 3 rings (SSSR count). The molecule has 0 saturated carbocycles. The highest BCUT2D eigenvalue weighted by molar-refractivity contribution is 6.00. The van der Waals surface area contributed by atoms with Crippen LogP contribution < -0.4 is 0 Å². The Balaban J connectivity index is 2.47. The molecular weight excluding hydrogens is 210 g/mol.